The molecule has 0 fully saturated rings. The largest absolute Gasteiger partial charge is 0.284 e. The van der Waals surface area contributed by atoms with E-state index in [2.05, 4.69) is 39.5 Å². The maximum atomic E-state index is 3.50. The lowest BCUT2D eigenvalue weighted by molar-refractivity contribution is 1.03. The van der Waals surface area contributed by atoms with Gasteiger partial charge in [-0.05, 0) is 23.8 Å². The first kappa shape index (κ1) is 10.3. The van der Waals surface area contributed by atoms with Gasteiger partial charge in [-0.25, -0.2) is 0 Å². The van der Waals surface area contributed by atoms with Gasteiger partial charge in [0.2, 0.25) is 0 Å². The minimum Gasteiger partial charge on any atom is -0.284 e. The highest BCUT2D eigenvalue weighted by Crippen LogP contribution is 2.46. The lowest BCUT2D eigenvalue weighted by Crippen LogP contribution is -2.28. The summed E-state index contributed by atoms with van der Waals surface area (Å²) >= 11 is 0. The van der Waals surface area contributed by atoms with Gasteiger partial charge in [0, 0.05) is 0 Å². The van der Waals surface area contributed by atoms with Crippen molar-refractivity contribution in [3.63, 3.8) is 0 Å². The first-order chi connectivity index (χ1) is 4.63. The van der Waals surface area contributed by atoms with Crippen LogP contribution in [0.1, 0.15) is 27.7 Å². The molecule has 0 aromatic heterocycles. The van der Waals surface area contributed by atoms with Crippen LogP contribution in [0.4, 0.5) is 0 Å². The van der Waals surface area contributed by atoms with Crippen LogP contribution in [0.25, 0.3) is 0 Å². The van der Waals surface area contributed by atoms with Crippen molar-refractivity contribution in [2.45, 2.75) is 32.9 Å². The van der Waals surface area contributed by atoms with Crippen molar-refractivity contribution in [3.05, 3.63) is 0 Å². The predicted molar refractivity (Wildman–Crippen MR) is 52.9 cm³/mol. The second-order valence-corrected chi connectivity index (χ2v) is 7.17. The highest BCUT2D eigenvalue weighted by atomic mass is 32.3. The molecule has 1 N–H and O–H groups in total. The zero-order valence-corrected chi connectivity index (χ0v) is 8.72. The van der Waals surface area contributed by atoms with Gasteiger partial charge in [0.15, 0.2) is 0 Å². The monoisotopic (exact) mass is 163 g/mol. The molecule has 0 aliphatic rings. The fourth-order valence-electron chi connectivity index (χ4n) is 1.40. The Balaban J connectivity index is 4.15. The molecule has 0 rings (SSSR count). The summed E-state index contributed by atoms with van der Waals surface area (Å²) in [6.07, 6.45) is 0. The van der Waals surface area contributed by atoms with Crippen LogP contribution >= 0.6 is 10.2 Å². The summed E-state index contributed by atoms with van der Waals surface area (Å²) in [5.41, 5.74) is 0. The smallest absolute Gasteiger partial charge is 0.00523 e. The maximum absolute atomic E-state index is 3.50. The van der Waals surface area contributed by atoms with E-state index in [-0.39, 0.29) is 0 Å². The van der Waals surface area contributed by atoms with Gasteiger partial charge >= 0.3 is 0 Å². The quantitative estimate of drug-likeness (QED) is 0.671. The second-order valence-electron chi connectivity index (χ2n) is 2.77. The summed E-state index contributed by atoms with van der Waals surface area (Å²) in [4.78, 5) is 0. The molecule has 0 atom stereocenters. The summed E-state index contributed by atoms with van der Waals surface area (Å²) in [5, 5.41) is 0.812. The molecule has 0 aliphatic carbocycles. The Kier molecular flexibility index (Phi) is 4.37. The fraction of sp³-hybridized carbons (Fsp3) is 1.00. The molecule has 64 valence electrons. The maximum Gasteiger partial charge on any atom is -0.00523 e. The van der Waals surface area contributed by atoms with Crippen molar-refractivity contribution in [1.29, 1.82) is 0 Å². The Morgan fingerprint density at radius 2 is 1.60 bits per heavy atom. The molecule has 0 aromatic carbocycles. The molecule has 0 saturated carbocycles. The number of hydrogen-bond donors (Lipinski definition) is 1. The Morgan fingerprint density at radius 1 is 1.20 bits per heavy atom. The van der Waals surface area contributed by atoms with Crippen molar-refractivity contribution in [3.8, 4) is 0 Å². The lowest BCUT2D eigenvalue weighted by atomic mass is 10.6. The van der Waals surface area contributed by atoms with Gasteiger partial charge in [-0.1, -0.05) is 27.7 Å². The van der Waals surface area contributed by atoms with Crippen LogP contribution in [0.5, 0.6) is 0 Å². The highest BCUT2D eigenvalue weighted by molar-refractivity contribution is 8.32. The van der Waals surface area contributed by atoms with Crippen LogP contribution in [-0.2, 0) is 0 Å². The molecule has 0 heterocycles. The average molecular weight is 163 g/mol. The molecular formula is C8H21NS. The van der Waals surface area contributed by atoms with Gasteiger partial charge in [0.05, 0.1) is 0 Å². The predicted octanol–water partition coefficient (Wildman–Crippen LogP) is 2.37. The summed E-state index contributed by atoms with van der Waals surface area (Å²) in [7, 11) is 1.62. The van der Waals surface area contributed by atoms with E-state index in [0.29, 0.717) is 0 Å². The van der Waals surface area contributed by atoms with Gasteiger partial charge in [-0.2, -0.15) is 10.2 Å². The average Bonchev–Trinajstić information content (AvgIpc) is 1.92. The number of hydrogen-bond acceptors (Lipinski definition) is 1. The third-order valence-electron chi connectivity index (χ3n) is 2.34. The fourth-order valence-corrected chi connectivity index (χ4v) is 4.19. The van der Waals surface area contributed by atoms with E-state index in [1.165, 1.54) is 11.5 Å². The molecule has 2 heteroatoms. The van der Waals surface area contributed by atoms with E-state index in [1.54, 1.807) is 0 Å². The summed E-state index contributed by atoms with van der Waals surface area (Å²) in [6.45, 7) is 9.21. The Labute approximate surface area is 67.0 Å². The van der Waals surface area contributed by atoms with Crippen molar-refractivity contribution in [2.75, 3.05) is 18.6 Å². The molecule has 10 heavy (non-hydrogen) atoms. The molecule has 0 aliphatic heterocycles. The molecule has 0 saturated heterocycles. The Hall–Kier alpha value is 0.310. The van der Waals surface area contributed by atoms with Crippen LogP contribution in [0.2, 0.25) is 0 Å². The van der Waals surface area contributed by atoms with Gasteiger partial charge in [-0.15, -0.1) is 0 Å². The summed E-state index contributed by atoms with van der Waals surface area (Å²) in [6, 6.07) is 0. The minimum absolute atomic E-state index is 0.477. The highest BCUT2D eigenvalue weighted by Gasteiger charge is 2.20. The van der Waals surface area contributed by atoms with E-state index >= 15 is 0 Å². The third-order valence-corrected chi connectivity index (χ3v) is 7.02. The Morgan fingerprint density at radius 3 is 1.60 bits per heavy atom. The molecule has 0 bridgehead atoms. The third kappa shape index (κ3) is 1.89. The van der Waals surface area contributed by atoms with E-state index in [0.717, 1.165) is 5.25 Å². The van der Waals surface area contributed by atoms with Gasteiger partial charge < -0.3 is 0 Å². The van der Waals surface area contributed by atoms with Crippen LogP contribution < -0.4 is 4.72 Å². The SMILES string of the molecule is CCS(CC)(NC)C(C)C. The lowest BCUT2D eigenvalue weighted by Gasteiger charge is -2.42. The van der Waals surface area contributed by atoms with E-state index < -0.39 is 10.2 Å². The summed E-state index contributed by atoms with van der Waals surface area (Å²) in [5.74, 6) is 2.61. The topological polar surface area (TPSA) is 12.0 Å². The van der Waals surface area contributed by atoms with Crippen molar-refractivity contribution < 1.29 is 0 Å². The first-order valence-corrected chi connectivity index (χ1v) is 6.12. The molecule has 0 amide bonds. The van der Waals surface area contributed by atoms with Gasteiger partial charge in [0.1, 0.15) is 0 Å². The van der Waals surface area contributed by atoms with Crippen molar-refractivity contribution in [2.24, 2.45) is 0 Å². The van der Waals surface area contributed by atoms with Crippen LogP contribution in [0, 0.1) is 0 Å². The van der Waals surface area contributed by atoms with Crippen molar-refractivity contribution in [1.82, 2.24) is 4.72 Å². The molecule has 0 aromatic rings. The number of rotatable bonds is 4. The second kappa shape index (κ2) is 4.24. The molecular weight excluding hydrogens is 142 g/mol. The zero-order chi connectivity index (χ0) is 8.20. The van der Waals surface area contributed by atoms with E-state index in [1.807, 2.05) is 0 Å². The molecule has 0 spiro atoms. The molecule has 0 unspecified atom stereocenters. The van der Waals surface area contributed by atoms with Crippen LogP contribution in [0.15, 0.2) is 0 Å². The summed E-state index contributed by atoms with van der Waals surface area (Å²) < 4.78 is 3.50. The van der Waals surface area contributed by atoms with Crippen molar-refractivity contribution >= 4 is 10.2 Å². The van der Waals surface area contributed by atoms with E-state index in [9.17, 15) is 0 Å². The standard InChI is InChI=1S/C8H21NS/c1-6-10(7-2,9-5)8(3)4/h8-9H,6-7H2,1-5H3. The first-order valence-electron chi connectivity index (χ1n) is 4.09. The van der Waals surface area contributed by atoms with Crippen LogP contribution in [0.3, 0.4) is 0 Å². The number of nitrogens with one attached hydrogen (secondary N) is 1. The van der Waals surface area contributed by atoms with E-state index in [4.69, 9.17) is 0 Å². The van der Waals surface area contributed by atoms with Gasteiger partial charge in [0.25, 0.3) is 0 Å². The minimum atomic E-state index is -0.477. The van der Waals surface area contributed by atoms with Crippen LogP contribution in [-0.4, -0.2) is 23.8 Å². The van der Waals surface area contributed by atoms with Gasteiger partial charge in [-0.3, -0.25) is 4.72 Å². The zero-order valence-electron chi connectivity index (χ0n) is 7.90. The molecule has 1 nitrogen and oxygen atoms in total. The molecule has 0 radical (unpaired) electrons. The Bertz CT molecular complexity index is 79.0. The normalized spacial score (nSPS) is 14.2.